The van der Waals surface area contributed by atoms with Crippen molar-refractivity contribution in [2.24, 2.45) is 10.8 Å². The third-order valence-electron chi connectivity index (χ3n) is 4.20. The van der Waals surface area contributed by atoms with Crippen LogP contribution in [0.25, 0.3) is 0 Å². The number of carboxylic acid groups (broad SMARTS) is 1. The fourth-order valence-electron chi connectivity index (χ4n) is 2.63. The van der Waals surface area contributed by atoms with Crippen LogP contribution in [0.1, 0.15) is 44.4 Å². The molecule has 0 aromatic carbocycles. The second-order valence-corrected chi connectivity index (χ2v) is 7.97. The third kappa shape index (κ3) is 2.80. The topological polar surface area (TPSA) is 37.3 Å². The predicted molar refractivity (Wildman–Crippen MR) is 78.0 cm³/mol. The van der Waals surface area contributed by atoms with Crippen LogP contribution in [-0.4, -0.2) is 11.1 Å². The molecule has 0 spiro atoms. The SMILES string of the molecule is CC1(C)CCC(Cc2sccc2Br)(C(=O)O)CC1. The summed E-state index contributed by atoms with van der Waals surface area (Å²) in [6.45, 7) is 4.47. The largest absolute Gasteiger partial charge is 0.481 e. The minimum absolute atomic E-state index is 0.297. The summed E-state index contributed by atoms with van der Waals surface area (Å²) in [5, 5.41) is 11.7. The normalized spacial score (nSPS) is 21.7. The number of aliphatic carboxylic acids is 1. The van der Waals surface area contributed by atoms with E-state index in [0.717, 1.165) is 35.0 Å². The molecule has 1 N–H and O–H groups in total. The summed E-state index contributed by atoms with van der Waals surface area (Å²) in [4.78, 5) is 12.9. The first-order valence-electron chi connectivity index (χ1n) is 6.30. The summed E-state index contributed by atoms with van der Waals surface area (Å²) in [5.41, 5.74) is -0.255. The van der Waals surface area contributed by atoms with Crippen molar-refractivity contribution in [1.29, 1.82) is 0 Å². The lowest BCUT2D eigenvalue weighted by molar-refractivity contribution is -0.152. The van der Waals surface area contributed by atoms with Crippen molar-refractivity contribution in [3.63, 3.8) is 0 Å². The second kappa shape index (κ2) is 4.97. The van der Waals surface area contributed by atoms with Crippen LogP contribution in [-0.2, 0) is 11.2 Å². The molecule has 0 aliphatic heterocycles. The van der Waals surface area contributed by atoms with E-state index in [1.165, 1.54) is 0 Å². The van der Waals surface area contributed by atoms with Gasteiger partial charge in [-0.05, 0) is 64.9 Å². The Balaban J connectivity index is 2.19. The molecule has 1 aromatic heterocycles. The predicted octanol–water partition coefficient (Wildman–Crippen LogP) is 4.72. The Morgan fingerprint density at radius 1 is 1.39 bits per heavy atom. The van der Waals surface area contributed by atoms with Gasteiger partial charge in [0.15, 0.2) is 0 Å². The Morgan fingerprint density at radius 2 is 2.00 bits per heavy atom. The summed E-state index contributed by atoms with van der Waals surface area (Å²) >= 11 is 5.16. The van der Waals surface area contributed by atoms with Gasteiger partial charge in [-0.2, -0.15) is 0 Å². The second-order valence-electron chi connectivity index (χ2n) is 6.12. The standard InChI is InChI=1S/C14H19BrO2S/c1-13(2)4-6-14(7-5-13,12(16)17)9-11-10(15)3-8-18-11/h3,8H,4-7,9H2,1-2H3,(H,16,17). The molecule has 0 unspecified atom stereocenters. The van der Waals surface area contributed by atoms with Crippen LogP contribution in [0, 0.1) is 10.8 Å². The Kier molecular flexibility index (Phi) is 3.88. The number of rotatable bonds is 3. The van der Waals surface area contributed by atoms with Gasteiger partial charge >= 0.3 is 5.97 Å². The number of hydrogen-bond acceptors (Lipinski definition) is 2. The van der Waals surface area contributed by atoms with E-state index < -0.39 is 11.4 Å². The molecule has 0 saturated heterocycles. The summed E-state index contributed by atoms with van der Waals surface area (Å²) in [5.74, 6) is -0.627. The van der Waals surface area contributed by atoms with Crippen LogP contribution in [0.15, 0.2) is 15.9 Å². The number of hydrogen-bond donors (Lipinski definition) is 1. The molecule has 18 heavy (non-hydrogen) atoms. The molecule has 0 radical (unpaired) electrons. The summed E-state index contributed by atoms with van der Waals surface area (Å²) < 4.78 is 1.05. The molecular weight excluding hydrogens is 312 g/mol. The maximum Gasteiger partial charge on any atom is 0.309 e. The van der Waals surface area contributed by atoms with Gasteiger partial charge in [-0.25, -0.2) is 0 Å². The molecule has 1 fully saturated rings. The minimum atomic E-state index is -0.627. The lowest BCUT2D eigenvalue weighted by atomic mass is 9.63. The lowest BCUT2D eigenvalue weighted by Gasteiger charge is -2.40. The van der Waals surface area contributed by atoms with E-state index in [1.54, 1.807) is 11.3 Å². The van der Waals surface area contributed by atoms with E-state index >= 15 is 0 Å². The maximum atomic E-state index is 11.7. The van der Waals surface area contributed by atoms with E-state index in [0.29, 0.717) is 11.8 Å². The van der Waals surface area contributed by atoms with Crippen LogP contribution >= 0.6 is 27.3 Å². The zero-order valence-electron chi connectivity index (χ0n) is 10.8. The maximum absolute atomic E-state index is 11.7. The van der Waals surface area contributed by atoms with Gasteiger partial charge in [-0.3, -0.25) is 4.79 Å². The number of carboxylic acids is 1. The number of thiophene rings is 1. The lowest BCUT2D eigenvalue weighted by Crippen LogP contribution is -2.39. The highest BCUT2D eigenvalue weighted by molar-refractivity contribution is 9.10. The molecule has 1 aliphatic carbocycles. The zero-order chi connectivity index (χ0) is 13.4. The Bertz CT molecular complexity index is 440. The van der Waals surface area contributed by atoms with Gasteiger partial charge in [0.05, 0.1) is 5.41 Å². The fourth-order valence-corrected chi connectivity index (χ4v) is 4.27. The first-order chi connectivity index (χ1) is 8.35. The van der Waals surface area contributed by atoms with E-state index in [9.17, 15) is 9.90 Å². The smallest absolute Gasteiger partial charge is 0.309 e. The quantitative estimate of drug-likeness (QED) is 0.870. The first-order valence-corrected chi connectivity index (χ1v) is 7.97. The molecular formula is C14H19BrO2S. The third-order valence-corrected chi connectivity index (χ3v) is 6.13. The molecule has 0 bridgehead atoms. The molecule has 2 rings (SSSR count). The van der Waals surface area contributed by atoms with Crippen LogP contribution in [0.4, 0.5) is 0 Å². The first kappa shape index (κ1) is 14.1. The van der Waals surface area contributed by atoms with Gasteiger partial charge in [0, 0.05) is 9.35 Å². The van der Waals surface area contributed by atoms with Crippen molar-refractivity contribution in [2.75, 3.05) is 0 Å². The van der Waals surface area contributed by atoms with Gasteiger partial charge in [0.1, 0.15) is 0 Å². The van der Waals surface area contributed by atoms with Crippen molar-refractivity contribution in [3.8, 4) is 0 Å². The fraction of sp³-hybridized carbons (Fsp3) is 0.643. The molecule has 1 aliphatic rings. The Hall–Kier alpha value is -0.350. The van der Waals surface area contributed by atoms with Gasteiger partial charge in [-0.1, -0.05) is 13.8 Å². The number of halogens is 1. The number of carbonyl (C=O) groups is 1. The Morgan fingerprint density at radius 3 is 2.44 bits per heavy atom. The van der Waals surface area contributed by atoms with E-state index in [4.69, 9.17) is 0 Å². The molecule has 2 nitrogen and oxygen atoms in total. The monoisotopic (exact) mass is 330 g/mol. The highest BCUT2D eigenvalue weighted by atomic mass is 79.9. The molecule has 0 atom stereocenters. The summed E-state index contributed by atoms with van der Waals surface area (Å²) in [6.07, 6.45) is 4.25. The highest BCUT2D eigenvalue weighted by Gasteiger charge is 2.44. The van der Waals surface area contributed by atoms with Gasteiger partial charge in [0.2, 0.25) is 0 Å². The molecule has 1 heterocycles. The van der Waals surface area contributed by atoms with Crippen LogP contribution < -0.4 is 0 Å². The van der Waals surface area contributed by atoms with Crippen molar-refractivity contribution >= 4 is 33.2 Å². The summed E-state index contributed by atoms with van der Waals surface area (Å²) in [6, 6.07) is 2.00. The highest BCUT2D eigenvalue weighted by Crippen LogP contribution is 2.48. The zero-order valence-corrected chi connectivity index (χ0v) is 13.2. The van der Waals surface area contributed by atoms with Crippen molar-refractivity contribution < 1.29 is 9.90 Å². The average Bonchev–Trinajstić information content (AvgIpc) is 2.67. The van der Waals surface area contributed by atoms with E-state index in [2.05, 4.69) is 29.8 Å². The van der Waals surface area contributed by atoms with E-state index in [1.807, 2.05) is 11.4 Å². The van der Waals surface area contributed by atoms with Crippen LogP contribution in [0.3, 0.4) is 0 Å². The molecule has 1 saturated carbocycles. The van der Waals surface area contributed by atoms with Crippen molar-refractivity contribution in [3.05, 3.63) is 20.8 Å². The van der Waals surface area contributed by atoms with E-state index in [-0.39, 0.29) is 0 Å². The summed E-state index contributed by atoms with van der Waals surface area (Å²) in [7, 11) is 0. The Labute approximate surface area is 121 Å². The van der Waals surface area contributed by atoms with Crippen LogP contribution in [0.5, 0.6) is 0 Å². The van der Waals surface area contributed by atoms with Gasteiger partial charge in [0.25, 0.3) is 0 Å². The molecule has 1 aromatic rings. The van der Waals surface area contributed by atoms with Crippen molar-refractivity contribution in [1.82, 2.24) is 0 Å². The molecule has 100 valence electrons. The van der Waals surface area contributed by atoms with Gasteiger partial charge < -0.3 is 5.11 Å². The average molecular weight is 331 g/mol. The van der Waals surface area contributed by atoms with Crippen molar-refractivity contribution in [2.45, 2.75) is 46.0 Å². The van der Waals surface area contributed by atoms with Crippen LogP contribution in [0.2, 0.25) is 0 Å². The minimum Gasteiger partial charge on any atom is -0.481 e. The molecule has 4 heteroatoms. The van der Waals surface area contributed by atoms with Gasteiger partial charge in [-0.15, -0.1) is 11.3 Å². The molecule has 0 amide bonds.